The summed E-state index contributed by atoms with van der Waals surface area (Å²) in [5, 5.41) is 0. The Morgan fingerprint density at radius 1 is 0.769 bits per heavy atom. The summed E-state index contributed by atoms with van der Waals surface area (Å²) < 4.78 is 22.5. The fourth-order valence-corrected chi connectivity index (χ4v) is 4.13. The Labute approximate surface area is 157 Å². The molecule has 0 aromatic heterocycles. The number of nitrogens with zero attached hydrogens (tertiary/aromatic N) is 3. The van der Waals surface area contributed by atoms with Crippen molar-refractivity contribution in [1.82, 2.24) is 14.7 Å². The Morgan fingerprint density at radius 2 is 1.27 bits per heavy atom. The van der Waals surface area contributed by atoms with Crippen LogP contribution in [0.2, 0.25) is 0 Å². The van der Waals surface area contributed by atoms with Crippen molar-refractivity contribution in [2.45, 2.75) is 44.9 Å². The van der Waals surface area contributed by atoms with E-state index < -0.39 is 9.84 Å². The third kappa shape index (κ3) is 7.61. The minimum atomic E-state index is -2.94. The maximum atomic E-state index is 12.3. The van der Waals surface area contributed by atoms with Crippen LogP contribution in [0.5, 0.6) is 0 Å². The zero-order chi connectivity index (χ0) is 19.0. The van der Waals surface area contributed by atoms with Gasteiger partial charge in [0.25, 0.3) is 0 Å². The number of likely N-dealkylation sites (tertiary alicyclic amines) is 1. The number of hydrogen-bond acceptors (Lipinski definition) is 5. The average Bonchev–Trinajstić information content (AvgIpc) is 2.89. The highest BCUT2D eigenvalue weighted by Gasteiger charge is 2.22. The maximum absolute atomic E-state index is 12.3. The van der Waals surface area contributed by atoms with Crippen LogP contribution in [0, 0.1) is 0 Å². The topological polar surface area (TPSA) is 78.0 Å². The smallest absolute Gasteiger partial charge is 0.222 e. The lowest BCUT2D eigenvalue weighted by molar-refractivity contribution is -0.133. The van der Waals surface area contributed by atoms with E-state index in [9.17, 15) is 18.0 Å². The molecule has 2 fully saturated rings. The molecule has 0 aromatic rings. The van der Waals surface area contributed by atoms with E-state index in [0.717, 1.165) is 25.9 Å². The van der Waals surface area contributed by atoms with Crippen molar-refractivity contribution in [3.05, 3.63) is 0 Å². The number of piperazine rings is 1. The lowest BCUT2D eigenvalue weighted by Gasteiger charge is -2.34. The number of rotatable bonds is 7. The molecule has 2 aliphatic rings. The fourth-order valence-electron chi connectivity index (χ4n) is 3.54. The van der Waals surface area contributed by atoms with Gasteiger partial charge in [-0.05, 0) is 19.3 Å². The molecule has 2 rings (SSSR count). The number of hydrogen-bond donors (Lipinski definition) is 0. The molecule has 0 radical (unpaired) electrons. The molecule has 0 unspecified atom stereocenters. The van der Waals surface area contributed by atoms with Gasteiger partial charge in [0.1, 0.15) is 9.84 Å². The molecule has 2 saturated heterocycles. The van der Waals surface area contributed by atoms with Crippen molar-refractivity contribution >= 4 is 21.7 Å². The van der Waals surface area contributed by atoms with Gasteiger partial charge in [-0.1, -0.05) is 12.8 Å². The molecule has 0 spiro atoms. The van der Waals surface area contributed by atoms with E-state index in [1.165, 1.54) is 19.1 Å². The van der Waals surface area contributed by atoms with Crippen LogP contribution in [-0.4, -0.2) is 92.8 Å². The van der Waals surface area contributed by atoms with Crippen molar-refractivity contribution in [2.75, 3.05) is 57.8 Å². The summed E-state index contributed by atoms with van der Waals surface area (Å²) >= 11 is 0. The molecule has 0 bridgehead atoms. The van der Waals surface area contributed by atoms with Crippen molar-refractivity contribution in [2.24, 2.45) is 0 Å². The number of amides is 2. The Bertz CT molecular complexity index is 563. The predicted octanol–water partition coefficient (Wildman–Crippen LogP) is 0.748. The lowest BCUT2D eigenvalue weighted by atomic mass is 10.2. The maximum Gasteiger partial charge on any atom is 0.222 e. The molecule has 0 saturated carbocycles. The predicted molar refractivity (Wildman–Crippen MR) is 102 cm³/mol. The normalized spacial score (nSPS) is 20.0. The molecule has 8 heteroatoms. The molecule has 7 nitrogen and oxygen atoms in total. The summed E-state index contributed by atoms with van der Waals surface area (Å²) in [6.45, 7) is 4.98. The van der Waals surface area contributed by atoms with E-state index >= 15 is 0 Å². The van der Waals surface area contributed by atoms with Gasteiger partial charge in [0, 0.05) is 64.9 Å². The Morgan fingerprint density at radius 3 is 1.77 bits per heavy atom. The number of carbonyl (C=O) groups is 2. The molecule has 26 heavy (non-hydrogen) atoms. The fraction of sp³-hybridized carbons (Fsp3) is 0.889. The van der Waals surface area contributed by atoms with Crippen LogP contribution in [0.1, 0.15) is 44.9 Å². The Balaban J connectivity index is 1.62. The van der Waals surface area contributed by atoms with Crippen LogP contribution >= 0.6 is 0 Å². The van der Waals surface area contributed by atoms with E-state index in [2.05, 4.69) is 4.90 Å². The van der Waals surface area contributed by atoms with Crippen LogP contribution in [0.15, 0.2) is 0 Å². The molecular formula is C18H33N3O4S. The molecule has 2 aliphatic heterocycles. The van der Waals surface area contributed by atoms with Crippen molar-refractivity contribution in [3.8, 4) is 0 Å². The van der Waals surface area contributed by atoms with E-state index in [0.29, 0.717) is 52.0 Å². The van der Waals surface area contributed by atoms with Crippen molar-refractivity contribution in [1.29, 1.82) is 0 Å². The van der Waals surface area contributed by atoms with Crippen molar-refractivity contribution in [3.63, 3.8) is 0 Å². The zero-order valence-corrected chi connectivity index (χ0v) is 16.8. The second-order valence-corrected chi connectivity index (χ2v) is 9.76. The first-order valence-corrected chi connectivity index (χ1v) is 11.9. The third-order valence-corrected chi connectivity index (χ3v) is 6.17. The van der Waals surface area contributed by atoms with Crippen molar-refractivity contribution < 1.29 is 18.0 Å². The highest BCUT2D eigenvalue weighted by Crippen LogP contribution is 2.13. The molecule has 0 atom stereocenters. The Kier molecular flexibility index (Phi) is 8.34. The first-order valence-electron chi connectivity index (χ1n) is 9.81. The van der Waals surface area contributed by atoms with E-state index in [1.807, 2.05) is 9.80 Å². The molecule has 0 aromatic carbocycles. The first-order chi connectivity index (χ1) is 12.3. The molecule has 0 N–H and O–H groups in total. The van der Waals surface area contributed by atoms with Gasteiger partial charge in [0.15, 0.2) is 0 Å². The molecular weight excluding hydrogens is 354 g/mol. The summed E-state index contributed by atoms with van der Waals surface area (Å²) in [4.78, 5) is 30.5. The van der Waals surface area contributed by atoms with Gasteiger partial charge >= 0.3 is 0 Å². The standard InChI is InChI=1S/C18H33N3O4S/c1-26(24,25)16-15-19-11-13-21(14-12-19)18(23)8-6-7-17(22)20-9-4-2-3-5-10-20/h2-16H2,1H3. The van der Waals surface area contributed by atoms with Gasteiger partial charge < -0.3 is 9.80 Å². The second-order valence-electron chi connectivity index (χ2n) is 7.50. The van der Waals surface area contributed by atoms with Gasteiger partial charge in [0.2, 0.25) is 11.8 Å². The SMILES string of the molecule is CS(=O)(=O)CCN1CCN(C(=O)CCCC(=O)N2CCCCCC2)CC1. The van der Waals surface area contributed by atoms with Gasteiger partial charge in [-0.3, -0.25) is 14.5 Å². The van der Waals surface area contributed by atoms with Gasteiger partial charge in [0.05, 0.1) is 5.75 Å². The zero-order valence-electron chi connectivity index (χ0n) is 16.0. The third-order valence-electron chi connectivity index (χ3n) is 5.24. The van der Waals surface area contributed by atoms with Crippen LogP contribution in [0.4, 0.5) is 0 Å². The first kappa shape index (κ1) is 21.2. The monoisotopic (exact) mass is 387 g/mol. The summed E-state index contributed by atoms with van der Waals surface area (Å²) in [6, 6.07) is 0. The summed E-state index contributed by atoms with van der Waals surface area (Å²) in [6.07, 6.45) is 7.34. The van der Waals surface area contributed by atoms with Crippen LogP contribution < -0.4 is 0 Å². The molecule has 2 amide bonds. The Hall–Kier alpha value is -1.15. The second kappa shape index (κ2) is 10.3. The van der Waals surface area contributed by atoms with E-state index in [4.69, 9.17) is 0 Å². The molecule has 0 aliphatic carbocycles. The van der Waals surface area contributed by atoms with Gasteiger partial charge in [-0.15, -0.1) is 0 Å². The highest BCUT2D eigenvalue weighted by molar-refractivity contribution is 7.90. The van der Waals surface area contributed by atoms with Gasteiger partial charge in [-0.2, -0.15) is 0 Å². The highest BCUT2D eigenvalue weighted by atomic mass is 32.2. The average molecular weight is 388 g/mol. The quantitative estimate of drug-likeness (QED) is 0.644. The summed E-state index contributed by atoms with van der Waals surface area (Å²) in [5.74, 6) is 0.459. The summed E-state index contributed by atoms with van der Waals surface area (Å²) in [5.41, 5.74) is 0. The molecule has 2 heterocycles. The van der Waals surface area contributed by atoms with Crippen LogP contribution in [0.25, 0.3) is 0 Å². The minimum Gasteiger partial charge on any atom is -0.343 e. The number of carbonyl (C=O) groups excluding carboxylic acids is 2. The number of sulfone groups is 1. The van der Waals surface area contributed by atoms with E-state index in [-0.39, 0.29) is 17.6 Å². The summed E-state index contributed by atoms with van der Waals surface area (Å²) in [7, 11) is -2.94. The van der Waals surface area contributed by atoms with Crippen LogP contribution in [-0.2, 0) is 19.4 Å². The van der Waals surface area contributed by atoms with Gasteiger partial charge in [-0.25, -0.2) is 8.42 Å². The van der Waals surface area contributed by atoms with Crippen LogP contribution in [0.3, 0.4) is 0 Å². The lowest BCUT2D eigenvalue weighted by Crippen LogP contribution is -2.49. The minimum absolute atomic E-state index is 0.108. The largest absolute Gasteiger partial charge is 0.343 e. The molecule has 150 valence electrons. The van der Waals surface area contributed by atoms with E-state index in [1.54, 1.807) is 0 Å².